The summed E-state index contributed by atoms with van der Waals surface area (Å²) in [4.78, 5) is 0. The molecule has 0 aliphatic heterocycles. The molecule has 0 aliphatic carbocycles. The maximum absolute atomic E-state index is 9.35. The molecule has 1 heterocycles. The van der Waals surface area contributed by atoms with Crippen LogP contribution in [0.4, 0.5) is 0 Å². The first-order valence-electron chi connectivity index (χ1n) is 6.46. The number of nitriles is 1. The van der Waals surface area contributed by atoms with Crippen molar-refractivity contribution in [2.75, 3.05) is 0 Å². The van der Waals surface area contributed by atoms with Gasteiger partial charge in [-0.3, -0.25) is 0 Å². The van der Waals surface area contributed by atoms with Gasteiger partial charge in [0.05, 0.1) is 22.6 Å². The largest absolute Gasteiger partial charge is 0.236 e. The van der Waals surface area contributed by atoms with E-state index in [1.165, 1.54) is 0 Å². The van der Waals surface area contributed by atoms with Crippen LogP contribution in [0.25, 0.3) is 5.69 Å². The lowest BCUT2D eigenvalue weighted by Crippen LogP contribution is -2.14. The number of aryl methyl sites for hydroxylation is 1. The van der Waals surface area contributed by atoms with E-state index < -0.39 is 0 Å². The van der Waals surface area contributed by atoms with Crippen molar-refractivity contribution in [2.45, 2.75) is 34.1 Å². The van der Waals surface area contributed by atoms with Crippen LogP contribution in [0.2, 0.25) is 0 Å². The summed E-state index contributed by atoms with van der Waals surface area (Å²) in [5.74, 6) is 0. The van der Waals surface area contributed by atoms with Crippen LogP contribution in [0.3, 0.4) is 0 Å². The molecule has 0 atom stereocenters. The summed E-state index contributed by atoms with van der Waals surface area (Å²) in [6.45, 7) is 8.41. The van der Waals surface area contributed by atoms with Crippen LogP contribution >= 0.6 is 0 Å². The molecular formula is C16H19N3. The minimum absolute atomic E-state index is 0.116. The maximum Gasteiger partial charge on any atom is 0.103 e. The van der Waals surface area contributed by atoms with Gasteiger partial charge in [0.2, 0.25) is 0 Å². The molecule has 0 saturated heterocycles. The zero-order valence-electron chi connectivity index (χ0n) is 11.9. The molecule has 3 nitrogen and oxygen atoms in total. The molecule has 1 aromatic carbocycles. The van der Waals surface area contributed by atoms with Gasteiger partial charge in [-0.1, -0.05) is 39.0 Å². The van der Waals surface area contributed by atoms with Crippen molar-refractivity contribution in [3.8, 4) is 11.8 Å². The molecule has 0 spiro atoms. The third kappa shape index (κ3) is 2.85. The first kappa shape index (κ1) is 13.4. The standard InChI is InChI=1S/C16H19N3/c1-12-14(11-17)15(10-16(2,3)4)19(18-12)13-8-6-5-7-9-13/h5-9H,10H2,1-4H3. The van der Waals surface area contributed by atoms with Gasteiger partial charge in [0, 0.05) is 0 Å². The van der Waals surface area contributed by atoms with Crippen LogP contribution < -0.4 is 0 Å². The van der Waals surface area contributed by atoms with Gasteiger partial charge in [-0.2, -0.15) is 10.4 Å². The highest BCUT2D eigenvalue weighted by Crippen LogP contribution is 2.26. The molecule has 0 N–H and O–H groups in total. The Morgan fingerprint density at radius 2 is 1.84 bits per heavy atom. The highest BCUT2D eigenvalue weighted by molar-refractivity contribution is 5.43. The van der Waals surface area contributed by atoms with Crippen molar-refractivity contribution in [1.29, 1.82) is 5.26 Å². The number of benzene rings is 1. The Balaban J connectivity index is 2.59. The third-order valence-electron chi connectivity index (χ3n) is 2.97. The minimum atomic E-state index is 0.116. The molecule has 1 aromatic heterocycles. The van der Waals surface area contributed by atoms with Gasteiger partial charge in [-0.05, 0) is 30.9 Å². The quantitative estimate of drug-likeness (QED) is 0.820. The van der Waals surface area contributed by atoms with Crippen molar-refractivity contribution >= 4 is 0 Å². The predicted molar refractivity (Wildman–Crippen MR) is 76.2 cm³/mol. The van der Waals surface area contributed by atoms with Gasteiger partial charge in [0.25, 0.3) is 0 Å². The van der Waals surface area contributed by atoms with E-state index in [9.17, 15) is 5.26 Å². The van der Waals surface area contributed by atoms with Crippen molar-refractivity contribution in [3.63, 3.8) is 0 Å². The van der Waals surface area contributed by atoms with Gasteiger partial charge in [0.15, 0.2) is 0 Å². The second-order valence-electron chi connectivity index (χ2n) is 6.00. The molecule has 98 valence electrons. The molecular weight excluding hydrogens is 234 g/mol. The van der Waals surface area contributed by atoms with E-state index in [2.05, 4.69) is 31.9 Å². The summed E-state index contributed by atoms with van der Waals surface area (Å²) in [6.07, 6.45) is 0.825. The normalized spacial score (nSPS) is 11.3. The lowest BCUT2D eigenvalue weighted by Gasteiger charge is -2.19. The predicted octanol–water partition coefficient (Wildman–Crippen LogP) is 3.64. The number of rotatable bonds is 2. The molecule has 0 aliphatic rings. The van der Waals surface area contributed by atoms with Gasteiger partial charge < -0.3 is 0 Å². The number of hydrogen-bond donors (Lipinski definition) is 0. The lowest BCUT2D eigenvalue weighted by atomic mass is 9.89. The molecule has 0 saturated carbocycles. The molecule has 0 unspecified atom stereocenters. The van der Waals surface area contributed by atoms with E-state index in [0.717, 1.165) is 23.5 Å². The lowest BCUT2D eigenvalue weighted by molar-refractivity contribution is 0.401. The van der Waals surface area contributed by atoms with Crippen molar-refractivity contribution in [1.82, 2.24) is 9.78 Å². The van der Waals surface area contributed by atoms with E-state index in [1.807, 2.05) is 41.9 Å². The Labute approximate surface area is 114 Å². The second kappa shape index (κ2) is 4.89. The van der Waals surface area contributed by atoms with Crippen molar-refractivity contribution in [3.05, 3.63) is 47.3 Å². The average molecular weight is 253 g/mol. The maximum atomic E-state index is 9.35. The van der Waals surface area contributed by atoms with Crippen molar-refractivity contribution in [2.24, 2.45) is 5.41 Å². The summed E-state index contributed by atoms with van der Waals surface area (Å²) in [7, 11) is 0. The van der Waals surface area contributed by atoms with Gasteiger partial charge in [-0.25, -0.2) is 4.68 Å². The Hall–Kier alpha value is -2.08. The second-order valence-corrected chi connectivity index (χ2v) is 6.00. The molecule has 2 rings (SSSR count). The third-order valence-corrected chi connectivity index (χ3v) is 2.97. The highest BCUT2D eigenvalue weighted by Gasteiger charge is 2.21. The molecule has 0 radical (unpaired) electrons. The summed E-state index contributed by atoms with van der Waals surface area (Å²) >= 11 is 0. The molecule has 0 amide bonds. The molecule has 19 heavy (non-hydrogen) atoms. The fourth-order valence-corrected chi connectivity index (χ4v) is 2.17. The zero-order valence-corrected chi connectivity index (χ0v) is 11.9. The van der Waals surface area contributed by atoms with E-state index in [4.69, 9.17) is 0 Å². The topological polar surface area (TPSA) is 41.6 Å². The highest BCUT2D eigenvalue weighted by atomic mass is 15.3. The van der Waals surface area contributed by atoms with Crippen LogP contribution in [-0.2, 0) is 6.42 Å². The van der Waals surface area contributed by atoms with Gasteiger partial charge in [-0.15, -0.1) is 0 Å². The van der Waals surface area contributed by atoms with Crippen LogP contribution in [0.15, 0.2) is 30.3 Å². The zero-order chi connectivity index (χ0) is 14.0. The average Bonchev–Trinajstić information content (AvgIpc) is 2.64. The van der Waals surface area contributed by atoms with Crippen molar-refractivity contribution < 1.29 is 0 Å². The number of hydrogen-bond acceptors (Lipinski definition) is 2. The Morgan fingerprint density at radius 3 is 2.37 bits per heavy atom. The molecule has 3 heteroatoms. The van der Waals surface area contributed by atoms with Crippen LogP contribution in [0, 0.1) is 23.7 Å². The summed E-state index contributed by atoms with van der Waals surface area (Å²) in [6, 6.07) is 12.3. The van der Waals surface area contributed by atoms with E-state index >= 15 is 0 Å². The molecule has 0 bridgehead atoms. The van der Waals surface area contributed by atoms with E-state index in [0.29, 0.717) is 5.56 Å². The van der Waals surface area contributed by atoms with Crippen LogP contribution in [0.1, 0.15) is 37.7 Å². The summed E-state index contributed by atoms with van der Waals surface area (Å²) in [5.41, 5.74) is 3.62. The van der Waals surface area contributed by atoms with Gasteiger partial charge >= 0.3 is 0 Å². The monoisotopic (exact) mass is 253 g/mol. The first-order chi connectivity index (χ1) is 8.92. The Bertz CT molecular complexity index is 610. The number of aromatic nitrogens is 2. The van der Waals surface area contributed by atoms with Crippen LogP contribution in [-0.4, -0.2) is 9.78 Å². The number of nitrogens with zero attached hydrogens (tertiary/aromatic N) is 3. The molecule has 2 aromatic rings. The Morgan fingerprint density at radius 1 is 1.21 bits per heavy atom. The van der Waals surface area contributed by atoms with E-state index in [-0.39, 0.29) is 5.41 Å². The van der Waals surface area contributed by atoms with Gasteiger partial charge in [0.1, 0.15) is 6.07 Å². The number of para-hydroxylation sites is 1. The smallest absolute Gasteiger partial charge is 0.103 e. The first-order valence-corrected chi connectivity index (χ1v) is 6.46. The fourth-order valence-electron chi connectivity index (χ4n) is 2.17. The summed E-state index contributed by atoms with van der Waals surface area (Å²) < 4.78 is 1.90. The Kier molecular flexibility index (Phi) is 3.44. The van der Waals surface area contributed by atoms with Crippen LogP contribution in [0.5, 0.6) is 0 Å². The minimum Gasteiger partial charge on any atom is -0.236 e. The fraction of sp³-hybridized carbons (Fsp3) is 0.375. The van der Waals surface area contributed by atoms with E-state index in [1.54, 1.807) is 0 Å². The SMILES string of the molecule is Cc1nn(-c2ccccc2)c(CC(C)(C)C)c1C#N. The summed E-state index contributed by atoms with van der Waals surface area (Å²) in [5, 5.41) is 13.9. The molecule has 0 fully saturated rings.